The Morgan fingerprint density at radius 2 is 2.10 bits per heavy atom. The monoisotopic (exact) mass is 339 g/mol. The van der Waals surface area contributed by atoms with E-state index in [1.807, 2.05) is 0 Å². The van der Waals surface area contributed by atoms with Gasteiger partial charge in [0, 0.05) is 0 Å². The van der Waals surface area contributed by atoms with Gasteiger partial charge in [-0.25, -0.2) is 4.79 Å². The van der Waals surface area contributed by atoms with Crippen LogP contribution in [0.15, 0.2) is 11.5 Å². The summed E-state index contributed by atoms with van der Waals surface area (Å²) in [5.41, 5.74) is -0.198. The van der Waals surface area contributed by atoms with Gasteiger partial charge in [0.05, 0.1) is 11.5 Å². The maximum absolute atomic E-state index is 11.8. The molecule has 0 aromatic heterocycles. The van der Waals surface area contributed by atoms with E-state index < -0.39 is 38.0 Å². The molecular formula is C9H11BClNO6S2. The highest BCUT2D eigenvalue weighted by Gasteiger charge is 2.55. The zero-order chi connectivity index (χ0) is 15.2. The van der Waals surface area contributed by atoms with Gasteiger partial charge in [-0.2, -0.15) is 8.42 Å². The van der Waals surface area contributed by atoms with E-state index in [0.29, 0.717) is 0 Å². The summed E-state index contributed by atoms with van der Waals surface area (Å²) >= 11 is 7.13. The average Bonchev–Trinajstić information content (AvgIpc) is 2.37. The van der Waals surface area contributed by atoms with Gasteiger partial charge in [-0.05, 0) is 6.92 Å². The van der Waals surface area contributed by atoms with Crippen molar-refractivity contribution in [2.24, 2.45) is 0 Å². The van der Waals surface area contributed by atoms with Crippen LogP contribution >= 0.6 is 23.4 Å². The van der Waals surface area contributed by atoms with Crippen molar-refractivity contribution in [3.05, 3.63) is 11.5 Å². The van der Waals surface area contributed by atoms with Crippen LogP contribution in [-0.2, 0) is 28.5 Å². The molecule has 11 heteroatoms. The SMILES string of the molecule is BOC(=O)C1=C(OS(C)(=O)=O)[C@H](C)S[C@@H]2[C@H](Cl)C(=O)N12. The number of hydrogen-bond donors (Lipinski definition) is 0. The standard InChI is InChI=1S/C9H11BClNO6S2/c1-3-6(18-20(2,15)16)5(9(14)17-10)12-7(13)4(11)8(12)19-3/h3-4,8H,10H2,1-2H3/t3-,4+,8+/m0/s1. The third kappa shape index (κ3) is 2.51. The third-order valence-corrected chi connectivity index (χ3v) is 5.23. The lowest BCUT2D eigenvalue weighted by atomic mass is 10.1. The van der Waals surface area contributed by atoms with E-state index in [4.69, 9.17) is 15.8 Å². The first-order chi connectivity index (χ1) is 9.17. The number of amides is 1. The number of thioether (sulfide) groups is 1. The van der Waals surface area contributed by atoms with Gasteiger partial charge in [0.1, 0.15) is 10.8 Å². The number of β-lactam (4-membered cyclic amide) rings is 1. The molecule has 0 radical (unpaired) electrons. The Hall–Kier alpha value is -0.865. The molecule has 0 aromatic carbocycles. The fourth-order valence-corrected chi connectivity index (χ4v) is 4.24. The van der Waals surface area contributed by atoms with Crippen molar-refractivity contribution in [2.45, 2.75) is 22.9 Å². The van der Waals surface area contributed by atoms with Crippen molar-refractivity contribution >= 4 is 53.4 Å². The lowest BCUT2D eigenvalue weighted by Gasteiger charge is -2.48. The predicted octanol–water partition coefficient (Wildman–Crippen LogP) is -0.824. The molecule has 2 heterocycles. The number of hydrogen-bond acceptors (Lipinski definition) is 7. The first-order valence-electron chi connectivity index (χ1n) is 5.52. The Morgan fingerprint density at radius 1 is 1.50 bits per heavy atom. The molecule has 20 heavy (non-hydrogen) atoms. The maximum atomic E-state index is 11.8. The first-order valence-corrected chi connectivity index (χ1v) is 8.71. The number of fused-ring (bicyclic) bond motifs is 1. The van der Waals surface area contributed by atoms with Gasteiger partial charge >= 0.3 is 24.1 Å². The number of alkyl halides is 1. The van der Waals surface area contributed by atoms with Crippen molar-refractivity contribution in [1.29, 1.82) is 0 Å². The van der Waals surface area contributed by atoms with Crippen molar-refractivity contribution < 1.29 is 26.8 Å². The molecule has 1 amide bonds. The second-order valence-corrected chi connectivity index (χ2v) is 7.78. The second-order valence-electron chi connectivity index (χ2n) is 4.27. The minimum absolute atomic E-state index is 0.113. The van der Waals surface area contributed by atoms with E-state index in [-0.39, 0.29) is 11.5 Å². The fraction of sp³-hybridized carbons (Fsp3) is 0.556. The molecular weight excluding hydrogens is 328 g/mol. The van der Waals surface area contributed by atoms with Crippen LogP contribution in [-0.4, -0.2) is 55.5 Å². The Labute approximate surface area is 126 Å². The first kappa shape index (κ1) is 15.5. The Balaban J connectivity index is 2.51. The summed E-state index contributed by atoms with van der Waals surface area (Å²) in [5, 5.41) is -1.63. The van der Waals surface area contributed by atoms with Gasteiger partial charge in [0.15, 0.2) is 11.5 Å². The number of carbonyl (C=O) groups is 2. The highest BCUT2D eigenvalue weighted by Crippen LogP contribution is 2.46. The summed E-state index contributed by atoms with van der Waals surface area (Å²) in [6.07, 6.45) is 0.862. The summed E-state index contributed by atoms with van der Waals surface area (Å²) < 4.78 is 32.1. The molecule has 0 spiro atoms. The molecule has 0 N–H and O–H groups in total. The highest BCUT2D eigenvalue weighted by molar-refractivity contribution is 8.01. The van der Waals surface area contributed by atoms with Crippen molar-refractivity contribution in [3.63, 3.8) is 0 Å². The predicted molar refractivity (Wildman–Crippen MR) is 74.9 cm³/mol. The van der Waals surface area contributed by atoms with Crippen LogP contribution in [0, 0.1) is 0 Å². The van der Waals surface area contributed by atoms with Crippen LogP contribution in [0.25, 0.3) is 0 Å². The molecule has 1 saturated heterocycles. The average molecular weight is 340 g/mol. The summed E-state index contributed by atoms with van der Waals surface area (Å²) in [4.78, 5) is 24.7. The molecule has 0 aliphatic carbocycles. The van der Waals surface area contributed by atoms with Crippen LogP contribution in [0.1, 0.15) is 6.92 Å². The zero-order valence-electron chi connectivity index (χ0n) is 10.8. The van der Waals surface area contributed by atoms with E-state index in [9.17, 15) is 18.0 Å². The van der Waals surface area contributed by atoms with Gasteiger partial charge in [0.25, 0.3) is 0 Å². The molecule has 7 nitrogen and oxygen atoms in total. The highest BCUT2D eigenvalue weighted by atomic mass is 35.5. The number of nitrogens with zero attached hydrogens (tertiary/aromatic N) is 1. The normalized spacial score (nSPS) is 29.6. The van der Waals surface area contributed by atoms with Crippen molar-refractivity contribution in [1.82, 2.24) is 4.90 Å². The van der Waals surface area contributed by atoms with Crippen LogP contribution in [0.3, 0.4) is 0 Å². The van der Waals surface area contributed by atoms with Gasteiger partial charge in [-0.3, -0.25) is 9.69 Å². The van der Waals surface area contributed by atoms with Crippen LogP contribution in [0.5, 0.6) is 0 Å². The van der Waals surface area contributed by atoms with Crippen LogP contribution < -0.4 is 0 Å². The van der Waals surface area contributed by atoms with Gasteiger partial charge in [-0.1, -0.05) is 0 Å². The quantitative estimate of drug-likeness (QED) is 0.287. The lowest BCUT2D eigenvalue weighted by Crippen LogP contribution is -2.63. The summed E-state index contributed by atoms with van der Waals surface area (Å²) in [6, 6.07) is 0. The van der Waals surface area contributed by atoms with Crippen molar-refractivity contribution in [3.8, 4) is 0 Å². The Kier molecular flexibility index (Phi) is 4.00. The largest absolute Gasteiger partial charge is 0.539 e. The van der Waals surface area contributed by atoms with E-state index in [1.54, 1.807) is 6.92 Å². The lowest BCUT2D eigenvalue weighted by molar-refractivity contribution is -0.144. The minimum atomic E-state index is -3.83. The van der Waals surface area contributed by atoms with E-state index >= 15 is 0 Å². The number of carbonyl (C=O) groups excluding carboxylic acids is 2. The van der Waals surface area contributed by atoms with Gasteiger partial charge in [0.2, 0.25) is 5.91 Å². The Morgan fingerprint density at radius 3 is 2.60 bits per heavy atom. The van der Waals surface area contributed by atoms with Crippen LogP contribution in [0.2, 0.25) is 0 Å². The maximum Gasteiger partial charge on any atom is 0.340 e. The number of halogens is 1. The summed E-state index contributed by atoms with van der Waals surface area (Å²) in [6.45, 7) is 1.66. The topological polar surface area (TPSA) is 90.0 Å². The van der Waals surface area contributed by atoms with E-state index in [1.165, 1.54) is 11.8 Å². The molecule has 3 atom stereocenters. The molecule has 2 aliphatic rings. The molecule has 0 saturated carbocycles. The molecule has 0 aromatic rings. The van der Waals surface area contributed by atoms with Crippen molar-refractivity contribution in [2.75, 3.05) is 6.26 Å². The fourth-order valence-electron chi connectivity index (χ4n) is 1.94. The van der Waals surface area contributed by atoms with E-state index in [2.05, 4.69) is 4.65 Å². The second kappa shape index (κ2) is 5.16. The van der Waals surface area contributed by atoms with E-state index in [0.717, 1.165) is 19.2 Å². The van der Waals surface area contributed by atoms with Gasteiger partial charge < -0.3 is 8.84 Å². The molecule has 2 rings (SSSR count). The molecule has 1 fully saturated rings. The molecule has 2 aliphatic heterocycles. The summed E-state index contributed by atoms with van der Waals surface area (Å²) in [7, 11) is -2.69. The minimum Gasteiger partial charge on any atom is -0.539 e. The van der Waals surface area contributed by atoms with Gasteiger partial charge in [-0.15, -0.1) is 23.4 Å². The number of rotatable bonds is 3. The third-order valence-electron chi connectivity index (χ3n) is 2.79. The molecule has 0 unspecified atom stereocenters. The zero-order valence-corrected chi connectivity index (χ0v) is 13.2. The van der Waals surface area contributed by atoms with Crippen LogP contribution in [0.4, 0.5) is 0 Å². The smallest absolute Gasteiger partial charge is 0.340 e. The molecule has 0 bridgehead atoms. The summed E-state index contributed by atoms with van der Waals surface area (Å²) in [5.74, 6) is -1.43. The molecule has 110 valence electrons. The Bertz CT molecular complexity index is 606.